The fourth-order valence-corrected chi connectivity index (χ4v) is 6.43. The van der Waals surface area contributed by atoms with Crippen LogP contribution in [0.5, 0.6) is 0 Å². The normalized spacial score (nSPS) is 20.8. The van der Waals surface area contributed by atoms with Crippen molar-refractivity contribution in [3.8, 4) is 11.1 Å². The molecule has 2 atom stereocenters. The van der Waals surface area contributed by atoms with Crippen molar-refractivity contribution in [3.63, 3.8) is 0 Å². The van der Waals surface area contributed by atoms with Crippen LogP contribution < -0.4 is 10.6 Å². The van der Waals surface area contributed by atoms with Crippen LogP contribution in [-0.2, 0) is 11.3 Å². The van der Waals surface area contributed by atoms with Gasteiger partial charge in [-0.1, -0.05) is 0 Å². The van der Waals surface area contributed by atoms with E-state index in [1.165, 1.54) is 12.1 Å². The van der Waals surface area contributed by atoms with Gasteiger partial charge in [0.05, 0.1) is 18.2 Å². The highest BCUT2D eigenvalue weighted by molar-refractivity contribution is 7.99. The molecule has 0 unspecified atom stereocenters. The van der Waals surface area contributed by atoms with Crippen molar-refractivity contribution in [2.24, 2.45) is 0 Å². The quantitative estimate of drug-likeness (QED) is 0.529. The number of anilines is 1. The Morgan fingerprint density at radius 1 is 1.21 bits per heavy atom. The number of ether oxygens (including phenoxy) is 1. The summed E-state index contributed by atoms with van der Waals surface area (Å²) in [6.07, 6.45) is 3.09. The lowest BCUT2D eigenvalue weighted by Crippen LogP contribution is -2.40. The summed E-state index contributed by atoms with van der Waals surface area (Å²) >= 11 is 1.56. The van der Waals surface area contributed by atoms with Gasteiger partial charge in [-0.15, -0.1) is 11.8 Å². The molecule has 1 saturated heterocycles. The number of aryl methyl sites for hydroxylation is 1. The summed E-state index contributed by atoms with van der Waals surface area (Å²) in [6, 6.07) is 5.95. The average molecular weight is 472 g/mol. The zero-order valence-electron chi connectivity index (χ0n) is 19.0. The van der Waals surface area contributed by atoms with Crippen molar-refractivity contribution < 1.29 is 13.5 Å². The second kappa shape index (κ2) is 8.72. The molecule has 2 aliphatic heterocycles. The first kappa shape index (κ1) is 22.3. The van der Waals surface area contributed by atoms with Gasteiger partial charge in [0.1, 0.15) is 17.5 Å². The van der Waals surface area contributed by atoms with E-state index in [9.17, 15) is 13.6 Å². The minimum atomic E-state index is -0.616. The van der Waals surface area contributed by atoms with Crippen LogP contribution in [0.15, 0.2) is 34.0 Å². The topological polar surface area (TPSA) is 47.4 Å². The summed E-state index contributed by atoms with van der Waals surface area (Å²) in [5.74, 6) is 0.0803. The maximum Gasteiger partial charge on any atom is 0.350 e. The van der Waals surface area contributed by atoms with Gasteiger partial charge in [0.15, 0.2) is 0 Å². The van der Waals surface area contributed by atoms with E-state index in [1.54, 1.807) is 23.4 Å². The van der Waals surface area contributed by atoms with Crippen LogP contribution >= 0.6 is 11.8 Å². The Kier molecular flexibility index (Phi) is 5.91. The molecule has 0 N–H and O–H groups in total. The molecule has 174 valence electrons. The third kappa shape index (κ3) is 3.83. The van der Waals surface area contributed by atoms with Gasteiger partial charge in [-0.25, -0.2) is 13.6 Å². The summed E-state index contributed by atoms with van der Waals surface area (Å²) in [4.78, 5) is 20.9. The van der Waals surface area contributed by atoms with Crippen LogP contribution in [0.1, 0.15) is 31.7 Å². The largest absolute Gasteiger partial charge is 0.379 e. The summed E-state index contributed by atoms with van der Waals surface area (Å²) in [7, 11) is 1.63. The number of aromatic nitrogens is 2. The molecule has 33 heavy (non-hydrogen) atoms. The van der Waals surface area contributed by atoms with Gasteiger partial charge in [-0.3, -0.25) is 4.57 Å². The lowest BCUT2D eigenvalue weighted by Gasteiger charge is -2.35. The maximum atomic E-state index is 14.9. The van der Waals surface area contributed by atoms with Crippen molar-refractivity contribution in [2.45, 2.75) is 56.7 Å². The fraction of sp³-hybridized carbons (Fsp3) is 0.440. The number of halogens is 2. The Morgan fingerprint density at radius 2 is 2.03 bits per heavy atom. The van der Waals surface area contributed by atoms with E-state index in [0.29, 0.717) is 29.2 Å². The summed E-state index contributed by atoms with van der Waals surface area (Å²) in [5, 5.41) is 0.895. The monoisotopic (exact) mass is 471 g/mol. The number of nitrogens with zero attached hydrogens (tertiary/aromatic N) is 3. The average Bonchev–Trinajstić information content (AvgIpc) is 2.98. The van der Waals surface area contributed by atoms with Crippen molar-refractivity contribution in [3.05, 3.63) is 51.9 Å². The van der Waals surface area contributed by atoms with Crippen LogP contribution in [0, 0.1) is 18.6 Å². The minimum absolute atomic E-state index is 0.184. The lowest BCUT2D eigenvalue weighted by molar-refractivity contribution is 0.107. The van der Waals surface area contributed by atoms with Crippen LogP contribution in [0.2, 0.25) is 0 Å². The van der Waals surface area contributed by atoms with E-state index in [4.69, 9.17) is 4.74 Å². The van der Waals surface area contributed by atoms with Gasteiger partial charge in [0.2, 0.25) is 0 Å². The first-order chi connectivity index (χ1) is 15.9. The molecule has 0 aliphatic carbocycles. The third-order valence-electron chi connectivity index (χ3n) is 6.80. The van der Waals surface area contributed by atoms with Gasteiger partial charge in [-0.2, -0.15) is 4.98 Å². The molecule has 1 fully saturated rings. The fourth-order valence-electron chi connectivity index (χ4n) is 5.07. The molecule has 3 heterocycles. The van der Waals surface area contributed by atoms with Gasteiger partial charge < -0.3 is 9.64 Å². The molecule has 0 saturated carbocycles. The molecule has 1 aromatic heterocycles. The standard InChI is InChI=1S/C25H27F2N3O2S/c1-14-10-19-22-23(21(14)18-8-7-16(26)11-20(18)27)33-13-17(32-3)12-30(22)25(31)28-24(19)29-9-5-4-6-15(29)2/h7-8,10-11,15,17H,4-6,9,12-13H2,1-3H3/t15-,17-/m0/s1. The number of piperidine rings is 1. The highest BCUT2D eigenvalue weighted by Gasteiger charge is 2.29. The van der Waals surface area contributed by atoms with Crippen molar-refractivity contribution in [1.29, 1.82) is 0 Å². The van der Waals surface area contributed by atoms with Gasteiger partial charge in [-0.05, 0) is 56.9 Å². The predicted molar refractivity (Wildman–Crippen MR) is 128 cm³/mol. The van der Waals surface area contributed by atoms with Crippen LogP contribution in [-0.4, -0.2) is 41.1 Å². The maximum absolute atomic E-state index is 14.9. The number of thioether (sulfide) groups is 1. The summed E-state index contributed by atoms with van der Waals surface area (Å²) in [5.41, 5.74) is 2.33. The molecule has 5 rings (SSSR count). The summed E-state index contributed by atoms with van der Waals surface area (Å²) < 4.78 is 35.9. The number of rotatable bonds is 3. The molecule has 2 aliphatic rings. The highest BCUT2D eigenvalue weighted by Crippen LogP contribution is 2.44. The molecule has 8 heteroatoms. The molecule has 0 spiro atoms. The number of benzene rings is 2. The summed E-state index contributed by atoms with van der Waals surface area (Å²) in [6.45, 7) is 5.33. The Hall–Kier alpha value is -2.45. The van der Waals surface area contributed by atoms with E-state index in [-0.39, 0.29) is 17.8 Å². The van der Waals surface area contributed by atoms with Crippen LogP contribution in [0.4, 0.5) is 14.6 Å². The molecular formula is C25H27F2N3O2S. The van der Waals surface area contributed by atoms with Crippen LogP contribution in [0.25, 0.3) is 22.0 Å². The predicted octanol–water partition coefficient (Wildman–Crippen LogP) is 5.15. The van der Waals surface area contributed by atoms with Gasteiger partial charge in [0.25, 0.3) is 0 Å². The lowest BCUT2D eigenvalue weighted by atomic mass is 9.96. The van der Waals surface area contributed by atoms with Crippen molar-refractivity contribution in [1.82, 2.24) is 9.55 Å². The molecule has 2 aromatic carbocycles. The van der Waals surface area contributed by atoms with E-state index >= 15 is 0 Å². The first-order valence-electron chi connectivity index (χ1n) is 11.3. The Labute approximate surface area is 195 Å². The number of methoxy groups -OCH3 is 1. The van der Waals surface area contributed by atoms with E-state index < -0.39 is 11.6 Å². The van der Waals surface area contributed by atoms with Crippen LogP contribution in [0.3, 0.4) is 0 Å². The second-order valence-corrected chi connectivity index (χ2v) is 9.98. The smallest absolute Gasteiger partial charge is 0.350 e. The molecular weight excluding hydrogens is 444 g/mol. The zero-order chi connectivity index (χ0) is 23.3. The molecule has 0 amide bonds. The zero-order valence-corrected chi connectivity index (χ0v) is 19.8. The van der Waals surface area contributed by atoms with Crippen molar-refractivity contribution in [2.75, 3.05) is 24.3 Å². The molecule has 0 radical (unpaired) electrons. The minimum Gasteiger partial charge on any atom is -0.379 e. The third-order valence-corrected chi connectivity index (χ3v) is 8.03. The Bertz CT molecular complexity index is 1290. The van der Waals surface area contributed by atoms with Crippen molar-refractivity contribution >= 4 is 28.5 Å². The van der Waals surface area contributed by atoms with E-state index in [2.05, 4.69) is 16.8 Å². The molecule has 0 bridgehead atoms. The van der Waals surface area contributed by atoms with Gasteiger partial charge in [0, 0.05) is 52.9 Å². The van der Waals surface area contributed by atoms with E-state index in [0.717, 1.165) is 53.2 Å². The van der Waals surface area contributed by atoms with Gasteiger partial charge >= 0.3 is 5.69 Å². The SMILES string of the molecule is CO[C@@H]1CSc2c(-c3ccc(F)cc3F)c(C)cc3c(N4CCCC[C@@H]4C)nc(=O)n(c23)C1. The first-order valence-corrected chi connectivity index (χ1v) is 12.3. The Balaban J connectivity index is 1.85. The molecule has 3 aromatic rings. The second-order valence-electron chi connectivity index (χ2n) is 8.95. The number of hydrogen-bond donors (Lipinski definition) is 0. The van der Waals surface area contributed by atoms with E-state index in [1.807, 2.05) is 13.0 Å². The Morgan fingerprint density at radius 3 is 2.76 bits per heavy atom. The highest BCUT2D eigenvalue weighted by atomic mass is 32.2. The molecule has 5 nitrogen and oxygen atoms in total. The number of hydrogen-bond acceptors (Lipinski definition) is 5.